The van der Waals surface area contributed by atoms with Crippen LogP contribution in [0, 0.1) is 12.3 Å². The van der Waals surface area contributed by atoms with Gasteiger partial charge in [0.1, 0.15) is 4.38 Å². The monoisotopic (exact) mass is 175 g/mol. The van der Waals surface area contributed by atoms with Gasteiger partial charge in [-0.15, -0.1) is 22.8 Å². The molecule has 0 aliphatic heterocycles. The van der Waals surface area contributed by atoms with Crippen LogP contribution >= 0.6 is 24.4 Å². The number of thiol groups is 1. The fourth-order valence-electron chi connectivity index (χ4n) is 0.402. The van der Waals surface area contributed by atoms with E-state index in [2.05, 4.69) is 22.8 Å². The molecule has 4 nitrogen and oxygen atoms in total. The topological polar surface area (TPSA) is 62.8 Å². The SMILES string of the molecule is Cc1nnc(SC(=N)S)o1. The third kappa shape index (κ3) is 2.03. The highest BCUT2D eigenvalue weighted by Gasteiger charge is 2.03. The first kappa shape index (κ1) is 7.62. The Balaban J connectivity index is 2.67. The van der Waals surface area contributed by atoms with Crippen molar-refractivity contribution in [2.75, 3.05) is 0 Å². The van der Waals surface area contributed by atoms with Gasteiger partial charge in [-0.1, -0.05) is 0 Å². The predicted molar refractivity (Wildman–Crippen MR) is 41.6 cm³/mol. The summed E-state index contributed by atoms with van der Waals surface area (Å²) in [5.41, 5.74) is 0. The predicted octanol–water partition coefficient (Wildman–Crippen LogP) is 1.33. The number of rotatable bonds is 1. The van der Waals surface area contributed by atoms with Crippen LogP contribution < -0.4 is 0 Å². The second-order valence-electron chi connectivity index (χ2n) is 1.49. The van der Waals surface area contributed by atoms with Crippen molar-refractivity contribution in [3.63, 3.8) is 0 Å². The Hall–Kier alpha value is -0.490. The van der Waals surface area contributed by atoms with Crippen LogP contribution in [0.1, 0.15) is 5.89 Å². The zero-order valence-corrected chi connectivity index (χ0v) is 6.87. The van der Waals surface area contributed by atoms with Crippen molar-refractivity contribution in [3.05, 3.63) is 5.89 Å². The quantitative estimate of drug-likeness (QED) is 0.292. The first-order valence-electron chi connectivity index (χ1n) is 2.44. The molecule has 54 valence electrons. The van der Waals surface area contributed by atoms with E-state index in [9.17, 15) is 0 Å². The minimum Gasteiger partial charge on any atom is -0.416 e. The van der Waals surface area contributed by atoms with Gasteiger partial charge in [-0.3, -0.25) is 5.41 Å². The summed E-state index contributed by atoms with van der Waals surface area (Å²) in [5.74, 6) is 0.497. The molecule has 0 bridgehead atoms. The zero-order valence-electron chi connectivity index (χ0n) is 5.16. The van der Waals surface area contributed by atoms with Gasteiger partial charge in [0.05, 0.1) is 0 Å². The van der Waals surface area contributed by atoms with E-state index in [0.29, 0.717) is 11.1 Å². The Morgan fingerprint density at radius 3 is 2.80 bits per heavy atom. The molecule has 0 radical (unpaired) electrons. The largest absolute Gasteiger partial charge is 0.416 e. The molecule has 0 saturated heterocycles. The Morgan fingerprint density at radius 1 is 1.70 bits per heavy atom. The average Bonchev–Trinajstić information content (AvgIpc) is 2.13. The fourth-order valence-corrected chi connectivity index (χ4v) is 1.05. The normalized spacial score (nSPS) is 9.80. The van der Waals surface area contributed by atoms with Crippen LogP contribution in [0.2, 0.25) is 0 Å². The third-order valence-electron chi connectivity index (χ3n) is 0.691. The molecule has 0 aliphatic carbocycles. The van der Waals surface area contributed by atoms with Crippen molar-refractivity contribution >= 4 is 28.8 Å². The first-order chi connectivity index (χ1) is 4.68. The molecule has 10 heavy (non-hydrogen) atoms. The highest BCUT2D eigenvalue weighted by atomic mass is 32.2. The number of aromatic nitrogens is 2. The van der Waals surface area contributed by atoms with Gasteiger partial charge in [-0.05, 0) is 11.8 Å². The molecule has 0 aliphatic rings. The molecule has 0 atom stereocenters. The lowest BCUT2D eigenvalue weighted by Crippen LogP contribution is -1.75. The lowest BCUT2D eigenvalue weighted by atomic mass is 10.8. The maximum absolute atomic E-state index is 6.94. The van der Waals surface area contributed by atoms with Gasteiger partial charge in [0.2, 0.25) is 5.89 Å². The second kappa shape index (κ2) is 3.07. The van der Waals surface area contributed by atoms with Gasteiger partial charge in [0.15, 0.2) is 0 Å². The number of thioether (sulfide) groups is 1. The lowest BCUT2D eigenvalue weighted by molar-refractivity contribution is 0.430. The number of nitrogens with one attached hydrogen (secondary N) is 1. The molecule has 1 rings (SSSR count). The fraction of sp³-hybridized carbons (Fsp3) is 0.250. The number of nitrogens with zero attached hydrogens (tertiary/aromatic N) is 2. The highest BCUT2D eigenvalue weighted by Crippen LogP contribution is 2.17. The van der Waals surface area contributed by atoms with E-state index in [4.69, 9.17) is 9.83 Å². The lowest BCUT2D eigenvalue weighted by Gasteiger charge is -1.85. The first-order valence-corrected chi connectivity index (χ1v) is 3.70. The van der Waals surface area contributed by atoms with Gasteiger partial charge < -0.3 is 4.42 Å². The summed E-state index contributed by atoms with van der Waals surface area (Å²) in [5, 5.41) is 14.5. The number of aryl methyl sites for hydroxylation is 1. The molecule has 1 aromatic heterocycles. The summed E-state index contributed by atoms with van der Waals surface area (Å²) in [6.07, 6.45) is 0. The summed E-state index contributed by atoms with van der Waals surface area (Å²) in [4.78, 5) is 0. The van der Waals surface area contributed by atoms with Gasteiger partial charge in [0, 0.05) is 6.92 Å². The maximum atomic E-state index is 6.94. The maximum Gasteiger partial charge on any atom is 0.283 e. The highest BCUT2D eigenvalue weighted by molar-refractivity contribution is 8.32. The zero-order chi connectivity index (χ0) is 7.56. The standard InChI is InChI=1S/C4H5N3OS2/c1-2-6-7-4(8-2)10-3(5)9/h1H3,(H2,5,9). The van der Waals surface area contributed by atoms with E-state index >= 15 is 0 Å². The molecule has 1 heterocycles. The van der Waals surface area contributed by atoms with Crippen LogP contribution in [0.4, 0.5) is 0 Å². The molecule has 0 amide bonds. The molecule has 0 spiro atoms. The van der Waals surface area contributed by atoms with Crippen molar-refractivity contribution in [2.24, 2.45) is 0 Å². The Labute approximate surface area is 67.3 Å². The molecule has 1 aromatic rings. The number of hydrogen-bond donors (Lipinski definition) is 2. The van der Waals surface area contributed by atoms with E-state index in [1.807, 2.05) is 0 Å². The summed E-state index contributed by atoms with van der Waals surface area (Å²) in [6.45, 7) is 1.69. The van der Waals surface area contributed by atoms with Crippen LogP contribution in [-0.4, -0.2) is 14.6 Å². The minimum atomic E-state index is 0.142. The Bertz CT molecular complexity index is 246. The van der Waals surface area contributed by atoms with E-state index in [-0.39, 0.29) is 4.38 Å². The van der Waals surface area contributed by atoms with Crippen molar-refractivity contribution in [2.45, 2.75) is 12.1 Å². The molecule has 0 unspecified atom stereocenters. The summed E-state index contributed by atoms with van der Waals surface area (Å²) >= 11 is 4.76. The molecule has 1 N–H and O–H groups in total. The van der Waals surface area contributed by atoms with Crippen molar-refractivity contribution in [1.29, 1.82) is 5.41 Å². The molecular weight excluding hydrogens is 170 g/mol. The summed E-state index contributed by atoms with van der Waals surface area (Å²) < 4.78 is 5.09. The van der Waals surface area contributed by atoms with E-state index in [1.165, 1.54) is 0 Å². The van der Waals surface area contributed by atoms with Crippen molar-refractivity contribution < 1.29 is 4.42 Å². The average molecular weight is 175 g/mol. The molecule has 6 heteroatoms. The van der Waals surface area contributed by atoms with Crippen LogP contribution in [0.5, 0.6) is 0 Å². The summed E-state index contributed by atoms with van der Waals surface area (Å²) in [6, 6.07) is 0. The molecule has 0 fully saturated rings. The third-order valence-corrected chi connectivity index (χ3v) is 1.50. The van der Waals surface area contributed by atoms with Gasteiger partial charge in [-0.25, -0.2) is 0 Å². The van der Waals surface area contributed by atoms with E-state index in [0.717, 1.165) is 11.8 Å². The van der Waals surface area contributed by atoms with E-state index in [1.54, 1.807) is 6.92 Å². The van der Waals surface area contributed by atoms with Crippen LogP contribution in [0.15, 0.2) is 9.64 Å². The van der Waals surface area contributed by atoms with Crippen LogP contribution in [-0.2, 0) is 0 Å². The van der Waals surface area contributed by atoms with Gasteiger partial charge in [0.25, 0.3) is 5.22 Å². The molecular formula is C4H5N3OS2. The number of hydrogen-bond acceptors (Lipinski definition) is 5. The smallest absolute Gasteiger partial charge is 0.283 e. The van der Waals surface area contributed by atoms with Gasteiger partial charge >= 0.3 is 0 Å². The van der Waals surface area contributed by atoms with Crippen LogP contribution in [0.25, 0.3) is 0 Å². The van der Waals surface area contributed by atoms with Crippen molar-refractivity contribution in [1.82, 2.24) is 10.2 Å². The Kier molecular flexibility index (Phi) is 2.34. The van der Waals surface area contributed by atoms with Crippen molar-refractivity contribution in [3.8, 4) is 0 Å². The molecule has 0 aromatic carbocycles. The van der Waals surface area contributed by atoms with Crippen LogP contribution in [0.3, 0.4) is 0 Å². The summed E-state index contributed by atoms with van der Waals surface area (Å²) in [7, 11) is 0. The van der Waals surface area contributed by atoms with Gasteiger partial charge in [-0.2, -0.15) is 0 Å². The second-order valence-corrected chi connectivity index (χ2v) is 3.21. The minimum absolute atomic E-state index is 0.142. The van der Waals surface area contributed by atoms with E-state index < -0.39 is 0 Å². The molecule has 0 saturated carbocycles. The Morgan fingerprint density at radius 2 is 2.40 bits per heavy atom.